The van der Waals surface area contributed by atoms with Crippen LogP contribution in [0.1, 0.15) is 20.8 Å². The van der Waals surface area contributed by atoms with Crippen molar-refractivity contribution in [3.05, 3.63) is 0 Å². The SMILES string of the molecule is COC(C)CS(=O)(=O)N1CC(C)NCC1C.Cl. The highest BCUT2D eigenvalue weighted by molar-refractivity contribution is 7.89. The molecule has 1 heterocycles. The molecule has 0 aromatic carbocycles. The van der Waals surface area contributed by atoms with Crippen molar-refractivity contribution in [1.29, 1.82) is 0 Å². The third-order valence-electron chi connectivity index (χ3n) is 2.91. The van der Waals surface area contributed by atoms with Crippen LogP contribution < -0.4 is 5.32 Å². The van der Waals surface area contributed by atoms with Crippen LogP contribution in [0.15, 0.2) is 0 Å². The van der Waals surface area contributed by atoms with Gasteiger partial charge in [0.15, 0.2) is 0 Å². The fourth-order valence-electron chi connectivity index (χ4n) is 1.84. The van der Waals surface area contributed by atoms with Crippen molar-refractivity contribution in [1.82, 2.24) is 9.62 Å². The number of sulfonamides is 1. The molecule has 3 atom stereocenters. The minimum atomic E-state index is -3.21. The Morgan fingerprint density at radius 2 is 2.06 bits per heavy atom. The molecule has 17 heavy (non-hydrogen) atoms. The third-order valence-corrected chi connectivity index (χ3v) is 5.03. The average Bonchev–Trinajstić information content (AvgIpc) is 2.20. The molecule has 0 radical (unpaired) electrons. The molecule has 1 rings (SSSR count). The Morgan fingerprint density at radius 3 is 2.59 bits per heavy atom. The van der Waals surface area contributed by atoms with Gasteiger partial charge in [0.05, 0.1) is 11.9 Å². The maximum atomic E-state index is 12.1. The van der Waals surface area contributed by atoms with Crippen LogP contribution in [0, 0.1) is 0 Å². The van der Waals surface area contributed by atoms with Crippen LogP contribution in [-0.2, 0) is 14.8 Å². The van der Waals surface area contributed by atoms with Gasteiger partial charge in [0.1, 0.15) is 0 Å². The molecular formula is C10H23ClN2O3S. The number of ether oxygens (including phenoxy) is 1. The number of halogens is 1. The van der Waals surface area contributed by atoms with Gasteiger partial charge in [0.2, 0.25) is 10.0 Å². The molecule has 0 aromatic heterocycles. The maximum absolute atomic E-state index is 12.1. The van der Waals surface area contributed by atoms with Crippen molar-refractivity contribution in [3.63, 3.8) is 0 Å². The smallest absolute Gasteiger partial charge is 0.216 e. The first-order chi connectivity index (χ1) is 7.36. The van der Waals surface area contributed by atoms with Gasteiger partial charge in [-0.25, -0.2) is 8.42 Å². The molecule has 1 fully saturated rings. The number of rotatable bonds is 4. The third kappa shape index (κ3) is 4.71. The zero-order chi connectivity index (χ0) is 12.3. The Morgan fingerprint density at radius 1 is 1.47 bits per heavy atom. The van der Waals surface area contributed by atoms with Crippen LogP contribution in [0.25, 0.3) is 0 Å². The molecule has 0 amide bonds. The van der Waals surface area contributed by atoms with Crippen LogP contribution in [0.2, 0.25) is 0 Å². The molecule has 0 bridgehead atoms. The van der Waals surface area contributed by atoms with E-state index in [1.807, 2.05) is 13.8 Å². The number of piperazine rings is 1. The standard InChI is InChI=1S/C10H22N2O3S.ClH/c1-8-6-12(9(2)5-11-8)16(13,14)7-10(3)15-4;/h8-11H,5-7H2,1-4H3;1H. The molecule has 7 heteroatoms. The van der Waals surface area contributed by atoms with E-state index in [2.05, 4.69) is 5.32 Å². The molecule has 104 valence electrons. The van der Waals surface area contributed by atoms with Crippen molar-refractivity contribution in [2.24, 2.45) is 0 Å². The summed E-state index contributed by atoms with van der Waals surface area (Å²) in [5.74, 6) is 0.0561. The Labute approximate surface area is 110 Å². The van der Waals surface area contributed by atoms with Crippen LogP contribution in [0.4, 0.5) is 0 Å². The Kier molecular flexibility index (Phi) is 6.94. The summed E-state index contributed by atoms with van der Waals surface area (Å²) in [6.45, 7) is 6.94. The quantitative estimate of drug-likeness (QED) is 0.815. The minimum Gasteiger partial charge on any atom is -0.381 e. The van der Waals surface area contributed by atoms with Gasteiger partial charge < -0.3 is 10.1 Å². The summed E-state index contributed by atoms with van der Waals surface area (Å²) in [5, 5.41) is 3.26. The Balaban J connectivity index is 0.00000256. The van der Waals surface area contributed by atoms with E-state index in [0.717, 1.165) is 0 Å². The number of methoxy groups -OCH3 is 1. The average molecular weight is 287 g/mol. The molecule has 0 aliphatic carbocycles. The van der Waals surface area contributed by atoms with Gasteiger partial charge in [-0.05, 0) is 20.8 Å². The monoisotopic (exact) mass is 286 g/mol. The lowest BCUT2D eigenvalue weighted by Crippen LogP contribution is -2.57. The summed E-state index contributed by atoms with van der Waals surface area (Å²) in [5.41, 5.74) is 0. The van der Waals surface area contributed by atoms with Crippen LogP contribution in [0.5, 0.6) is 0 Å². The lowest BCUT2D eigenvalue weighted by atomic mass is 10.2. The summed E-state index contributed by atoms with van der Waals surface area (Å²) < 4.78 is 30.9. The largest absolute Gasteiger partial charge is 0.381 e. The molecule has 3 unspecified atom stereocenters. The lowest BCUT2D eigenvalue weighted by molar-refractivity contribution is 0.133. The van der Waals surface area contributed by atoms with Crippen LogP contribution >= 0.6 is 12.4 Å². The van der Waals surface area contributed by atoms with Gasteiger partial charge in [-0.15, -0.1) is 12.4 Å². The molecule has 5 nitrogen and oxygen atoms in total. The van der Waals surface area contributed by atoms with E-state index in [9.17, 15) is 8.42 Å². The summed E-state index contributed by atoms with van der Waals surface area (Å²) in [7, 11) is -1.68. The van der Waals surface area contributed by atoms with E-state index in [1.54, 1.807) is 11.2 Å². The fraction of sp³-hybridized carbons (Fsp3) is 1.00. The molecule has 0 saturated carbocycles. The lowest BCUT2D eigenvalue weighted by Gasteiger charge is -2.36. The molecule has 1 aliphatic heterocycles. The second kappa shape index (κ2) is 6.89. The number of hydrogen-bond acceptors (Lipinski definition) is 4. The minimum absolute atomic E-state index is 0. The van der Waals surface area contributed by atoms with E-state index in [0.29, 0.717) is 13.1 Å². The van der Waals surface area contributed by atoms with E-state index in [-0.39, 0.29) is 36.3 Å². The van der Waals surface area contributed by atoms with Crippen molar-refractivity contribution >= 4 is 22.4 Å². The predicted octanol–water partition coefficient (Wildman–Crippen LogP) is 0.455. The molecular weight excluding hydrogens is 264 g/mol. The molecule has 1 saturated heterocycles. The Bertz CT molecular complexity index is 324. The zero-order valence-electron chi connectivity index (χ0n) is 10.8. The predicted molar refractivity (Wildman–Crippen MR) is 71.1 cm³/mol. The van der Waals surface area contributed by atoms with Gasteiger partial charge in [-0.3, -0.25) is 0 Å². The van der Waals surface area contributed by atoms with E-state index >= 15 is 0 Å². The normalized spacial score (nSPS) is 28.5. The topological polar surface area (TPSA) is 58.6 Å². The Hall–Kier alpha value is 0.120. The van der Waals surface area contributed by atoms with Gasteiger partial charge in [0.25, 0.3) is 0 Å². The second-order valence-electron chi connectivity index (χ2n) is 4.55. The first-order valence-corrected chi connectivity index (χ1v) is 7.23. The van der Waals surface area contributed by atoms with Crippen molar-refractivity contribution < 1.29 is 13.2 Å². The van der Waals surface area contributed by atoms with Gasteiger partial charge in [0, 0.05) is 32.3 Å². The highest BCUT2D eigenvalue weighted by Crippen LogP contribution is 2.14. The van der Waals surface area contributed by atoms with Gasteiger partial charge in [-0.2, -0.15) is 4.31 Å². The van der Waals surface area contributed by atoms with E-state index < -0.39 is 10.0 Å². The van der Waals surface area contributed by atoms with Crippen LogP contribution in [-0.4, -0.2) is 56.9 Å². The van der Waals surface area contributed by atoms with E-state index in [4.69, 9.17) is 4.74 Å². The molecule has 0 spiro atoms. The first kappa shape index (κ1) is 17.1. The van der Waals surface area contributed by atoms with Crippen molar-refractivity contribution in [2.45, 2.75) is 39.0 Å². The van der Waals surface area contributed by atoms with E-state index in [1.165, 1.54) is 7.11 Å². The van der Waals surface area contributed by atoms with Gasteiger partial charge in [-0.1, -0.05) is 0 Å². The number of hydrogen-bond donors (Lipinski definition) is 1. The number of nitrogens with zero attached hydrogens (tertiary/aromatic N) is 1. The second-order valence-corrected chi connectivity index (χ2v) is 6.52. The first-order valence-electron chi connectivity index (χ1n) is 5.62. The highest BCUT2D eigenvalue weighted by atomic mass is 35.5. The van der Waals surface area contributed by atoms with Crippen molar-refractivity contribution in [3.8, 4) is 0 Å². The zero-order valence-corrected chi connectivity index (χ0v) is 12.5. The molecule has 1 N–H and O–H groups in total. The number of nitrogens with one attached hydrogen (secondary N) is 1. The summed E-state index contributed by atoms with van der Waals surface area (Å²) in [6.07, 6.45) is -0.262. The molecule has 0 aromatic rings. The maximum Gasteiger partial charge on any atom is 0.216 e. The highest BCUT2D eigenvalue weighted by Gasteiger charge is 2.32. The molecule has 1 aliphatic rings. The van der Waals surface area contributed by atoms with Gasteiger partial charge >= 0.3 is 0 Å². The summed E-state index contributed by atoms with van der Waals surface area (Å²) >= 11 is 0. The summed E-state index contributed by atoms with van der Waals surface area (Å²) in [6, 6.07) is 0.231. The van der Waals surface area contributed by atoms with Crippen LogP contribution in [0.3, 0.4) is 0 Å². The fourth-order valence-corrected chi connectivity index (χ4v) is 3.83. The summed E-state index contributed by atoms with van der Waals surface area (Å²) in [4.78, 5) is 0. The van der Waals surface area contributed by atoms with Crippen molar-refractivity contribution in [2.75, 3.05) is 26.0 Å².